The molecule has 0 radical (unpaired) electrons. The first-order valence-electron chi connectivity index (χ1n) is 6.97. The van der Waals surface area contributed by atoms with E-state index in [4.69, 9.17) is 0 Å². The molecule has 0 fully saturated rings. The van der Waals surface area contributed by atoms with Crippen LogP contribution in [0, 0.1) is 6.92 Å². The first-order chi connectivity index (χ1) is 10.6. The van der Waals surface area contributed by atoms with Crippen molar-refractivity contribution in [1.82, 2.24) is 5.32 Å². The molecule has 0 bridgehead atoms. The lowest BCUT2D eigenvalue weighted by Gasteiger charge is -2.05. The first-order valence-corrected chi connectivity index (χ1v) is 6.97. The minimum Gasteiger partial charge on any atom is -0.355 e. The van der Waals surface area contributed by atoms with E-state index < -0.39 is 0 Å². The minimum absolute atomic E-state index is 0.188. The van der Waals surface area contributed by atoms with Crippen LogP contribution in [0.4, 0.5) is 5.69 Å². The van der Waals surface area contributed by atoms with E-state index in [2.05, 4.69) is 10.6 Å². The predicted molar refractivity (Wildman–Crippen MR) is 88.7 cm³/mol. The van der Waals surface area contributed by atoms with Crippen molar-refractivity contribution in [3.63, 3.8) is 0 Å². The second kappa shape index (κ2) is 7.22. The molecule has 0 aliphatic rings. The number of amides is 2. The van der Waals surface area contributed by atoms with Crippen molar-refractivity contribution >= 4 is 23.6 Å². The van der Waals surface area contributed by atoms with Crippen molar-refractivity contribution in [3.05, 3.63) is 71.3 Å². The molecule has 0 aliphatic heterocycles. The van der Waals surface area contributed by atoms with E-state index >= 15 is 0 Å². The molecule has 4 nitrogen and oxygen atoms in total. The number of hydrogen-bond acceptors (Lipinski definition) is 2. The second-order valence-corrected chi connectivity index (χ2v) is 4.84. The van der Waals surface area contributed by atoms with Crippen LogP contribution in [-0.2, 0) is 4.79 Å². The summed E-state index contributed by atoms with van der Waals surface area (Å²) in [6.45, 7) is 1.99. The Bertz CT molecular complexity index is 721. The van der Waals surface area contributed by atoms with E-state index in [1.54, 1.807) is 37.4 Å². The number of carbonyl (C=O) groups excluding carboxylic acids is 2. The summed E-state index contributed by atoms with van der Waals surface area (Å²) in [6, 6.07) is 14.6. The number of benzene rings is 2. The average Bonchev–Trinajstić information content (AvgIpc) is 2.53. The third-order valence-corrected chi connectivity index (χ3v) is 3.22. The van der Waals surface area contributed by atoms with Gasteiger partial charge < -0.3 is 10.6 Å². The number of nitrogens with one attached hydrogen (secondary N) is 2. The van der Waals surface area contributed by atoms with Gasteiger partial charge in [0.1, 0.15) is 0 Å². The SMILES string of the molecule is CNC(=O)c1cccc(NC(=O)/C=C/c2ccccc2C)c1. The summed E-state index contributed by atoms with van der Waals surface area (Å²) >= 11 is 0. The van der Waals surface area contributed by atoms with Crippen LogP contribution in [0.3, 0.4) is 0 Å². The summed E-state index contributed by atoms with van der Waals surface area (Å²) in [7, 11) is 1.57. The topological polar surface area (TPSA) is 58.2 Å². The molecule has 0 atom stereocenters. The molecule has 22 heavy (non-hydrogen) atoms. The summed E-state index contributed by atoms with van der Waals surface area (Å²) in [5.41, 5.74) is 3.19. The minimum atomic E-state index is -0.239. The molecule has 0 saturated heterocycles. The van der Waals surface area contributed by atoms with Crippen molar-refractivity contribution in [2.75, 3.05) is 12.4 Å². The number of anilines is 1. The van der Waals surface area contributed by atoms with Crippen molar-refractivity contribution in [3.8, 4) is 0 Å². The van der Waals surface area contributed by atoms with Crippen LogP contribution in [0.25, 0.3) is 6.08 Å². The molecular formula is C18H18N2O2. The third kappa shape index (κ3) is 4.06. The summed E-state index contributed by atoms with van der Waals surface area (Å²) < 4.78 is 0. The molecule has 0 aliphatic carbocycles. The number of carbonyl (C=O) groups is 2. The fourth-order valence-electron chi connectivity index (χ4n) is 2.01. The van der Waals surface area contributed by atoms with E-state index in [0.29, 0.717) is 11.3 Å². The first kappa shape index (κ1) is 15.5. The fourth-order valence-corrected chi connectivity index (χ4v) is 2.01. The quantitative estimate of drug-likeness (QED) is 0.852. The van der Waals surface area contributed by atoms with Crippen LogP contribution in [-0.4, -0.2) is 18.9 Å². The zero-order chi connectivity index (χ0) is 15.9. The molecule has 112 valence electrons. The largest absolute Gasteiger partial charge is 0.355 e. The smallest absolute Gasteiger partial charge is 0.251 e. The van der Waals surface area contributed by atoms with Crippen molar-refractivity contribution in [2.45, 2.75) is 6.92 Å². The molecular weight excluding hydrogens is 276 g/mol. The molecule has 2 aromatic rings. The zero-order valence-electron chi connectivity index (χ0n) is 12.6. The maximum Gasteiger partial charge on any atom is 0.251 e. The number of aryl methyl sites for hydroxylation is 1. The fraction of sp³-hybridized carbons (Fsp3) is 0.111. The van der Waals surface area contributed by atoms with Gasteiger partial charge in [-0.1, -0.05) is 30.3 Å². The van der Waals surface area contributed by atoms with Gasteiger partial charge in [0.15, 0.2) is 0 Å². The molecule has 0 unspecified atom stereocenters. The Balaban J connectivity index is 2.06. The number of hydrogen-bond donors (Lipinski definition) is 2. The Labute approximate surface area is 129 Å². The number of rotatable bonds is 4. The molecule has 0 heterocycles. The lowest BCUT2D eigenvalue weighted by atomic mass is 10.1. The van der Waals surface area contributed by atoms with Crippen LogP contribution >= 0.6 is 0 Å². The summed E-state index contributed by atoms with van der Waals surface area (Å²) in [4.78, 5) is 23.5. The molecule has 2 amide bonds. The summed E-state index contributed by atoms with van der Waals surface area (Å²) in [6.07, 6.45) is 3.25. The average molecular weight is 294 g/mol. The van der Waals surface area contributed by atoms with Crippen molar-refractivity contribution in [1.29, 1.82) is 0 Å². The van der Waals surface area contributed by atoms with Crippen molar-refractivity contribution < 1.29 is 9.59 Å². The molecule has 4 heteroatoms. The van der Waals surface area contributed by atoms with E-state index in [0.717, 1.165) is 11.1 Å². The molecule has 0 aromatic heterocycles. The highest BCUT2D eigenvalue weighted by molar-refractivity contribution is 6.03. The Kier molecular flexibility index (Phi) is 5.09. The van der Waals surface area contributed by atoms with E-state index in [-0.39, 0.29) is 11.8 Å². The van der Waals surface area contributed by atoms with Gasteiger partial charge in [0.2, 0.25) is 5.91 Å². The zero-order valence-corrected chi connectivity index (χ0v) is 12.6. The Morgan fingerprint density at radius 3 is 2.55 bits per heavy atom. The normalized spacial score (nSPS) is 10.5. The monoisotopic (exact) mass is 294 g/mol. The van der Waals surface area contributed by atoms with E-state index in [9.17, 15) is 9.59 Å². The van der Waals surface area contributed by atoms with Crippen LogP contribution in [0.1, 0.15) is 21.5 Å². The molecule has 0 saturated carbocycles. The second-order valence-electron chi connectivity index (χ2n) is 4.84. The highest BCUT2D eigenvalue weighted by Gasteiger charge is 2.04. The predicted octanol–water partition coefficient (Wildman–Crippen LogP) is 3.01. The summed E-state index contributed by atoms with van der Waals surface area (Å²) in [5.74, 6) is -0.427. The van der Waals surface area contributed by atoms with Gasteiger partial charge in [0.05, 0.1) is 0 Å². The van der Waals surface area contributed by atoms with Crippen LogP contribution in [0.15, 0.2) is 54.6 Å². The highest BCUT2D eigenvalue weighted by Crippen LogP contribution is 2.12. The standard InChI is InChI=1S/C18H18N2O2/c1-13-6-3-4-7-14(13)10-11-17(21)20-16-9-5-8-15(12-16)18(22)19-2/h3-12H,1-2H3,(H,19,22)(H,20,21)/b11-10+. The van der Waals surface area contributed by atoms with Crippen LogP contribution in [0.2, 0.25) is 0 Å². The van der Waals surface area contributed by atoms with Gasteiger partial charge in [-0.3, -0.25) is 9.59 Å². The Morgan fingerprint density at radius 1 is 1.05 bits per heavy atom. The molecule has 2 rings (SSSR count). The lowest BCUT2D eigenvalue weighted by molar-refractivity contribution is -0.111. The Hall–Kier alpha value is -2.88. The van der Waals surface area contributed by atoms with Gasteiger partial charge in [-0.25, -0.2) is 0 Å². The third-order valence-electron chi connectivity index (χ3n) is 3.22. The maximum absolute atomic E-state index is 11.9. The van der Waals surface area contributed by atoms with Gasteiger partial charge in [0.25, 0.3) is 5.91 Å². The highest BCUT2D eigenvalue weighted by atomic mass is 16.2. The van der Waals surface area contributed by atoms with Gasteiger partial charge in [-0.2, -0.15) is 0 Å². The van der Waals surface area contributed by atoms with Gasteiger partial charge in [0, 0.05) is 24.4 Å². The summed E-state index contributed by atoms with van der Waals surface area (Å²) in [5, 5.41) is 5.29. The van der Waals surface area contributed by atoms with Gasteiger partial charge in [-0.15, -0.1) is 0 Å². The molecule has 0 spiro atoms. The van der Waals surface area contributed by atoms with Gasteiger partial charge >= 0.3 is 0 Å². The lowest BCUT2D eigenvalue weighted by Crippen LogP contribution is -2.18. The van der Waals surface area contributed by atoms with Gasteiger partial charge in [-0.05, 0) is 42.3 Å². The molecule has 2 N–H and O–H groups in total. The maximum atomic E-state index is 11.9. The Morgan fingerprint density at radius 2 is 1.82 bits per heavy atom. The van der Waals surface area contributed by atoms with Crippen LogP contribution < -0.4 is 10.6 Å². The van der Waals surface area contributed by atoms with Crippen LogP contribution in [0.5, 0.6) is 0 Å². The van der Waals surface area contributed by atoms with E-state index in [1.807, 2.05) is 31.2 Å². The van der Waals surface area contributed by atoms with E-state index in [1.165, 1.54) is 6.08 Å². The van der Waals surface area contributed by atoms with Crippen molar-refractivity contribution in [2.24, 2.45) is 0 Å². The molecule has 2 aromatic carbocycles.